The Morgan fingerprint density at radius 3 is 2.10 bits per heavy atom. The van der Waals surface area contributed by atoms with Gasteiger partial charge in [-0.3, -0.25) is 0 Å². The molecule has 0 heterocycles. The third-order valence-corrected chi connectivity index (χ3v) is 7.81. The first kappa shape index (κ1) is 24.2. The molecule has 0 radical (unpaired) electrons. The van der Waals surface area contributed by atoms with E-state index in [9.17, 15) is 30.3 Å². The summed E-state index contributed by atoms with van der Waals surface area (Å²) >= 11 is -4.16. The van der Waals surface area contributed by atoms with Crippen molar-refractivity contribution in [2.45, 2.75) is 17.2 Å². The topological polar surface area (TPSA) is 141 Å². The Morgan fingerprint density at radius 2 is 1.57 bits per heavy atom. The van der Waals surface area contributed by atoms with E-state index >= 15 is 0 Å². The monoisotopic (exact) mass is 528 g/mol. The van der Waals surface area contributed by atoms with Crippen LogP contribution >= 0.6 is 0 Å². The standard InChI is InChI=1S/C8H6O5S.C8H7O2.C2H5.2Co.2O/c1-13-8(9)6-3-2-4-7(5-6)14(10,11)12;1-10-8(9)7-5-3-2-4-6-7;1-2;;;;/h2-3,5H,1H2,(H,10,11,12);3-6H,1H3;1H2,2H3;;;;. The number of ether oxygens (including phenoxy) is 2. The van der Waals surface area contributed by atoms with E-state index in [4.69, 9.17) is 4.74 Å². The minimum absolute atomic E-state index is 0.0966. The summed E-state index contributed by atoms with van der Waals surface area (Å²) in [6.07, 6.45) is 0. The maximum atomic E-state index is 12.3. The Bertz CT molecular complexity index is 1110. The van der Waals surface area contributed by atoms with Crippen molar-refractivity contribution in [3.8, 4) is 0 Å². The third kappa shape index (κ3) is 5.96. The fraction of sp³-hybridized carbons (Fsp3) is 0.222. The van der Waals surface area contributed by atoms with Gasteiger partial charge in [0.15, 0.2) is 0 Å². The van der Waals surface area contributed by atoms with Crippen molar-refractivity contribution in [3.63, 3.8) is 0 Å². The molecule has 0 amide bonds. The molecule has 0 saturated heterocycles. The molecule has 0 spiro atoms. The van der Waals surface area contributed by atoms with Gasteiger partial charge in [0.2, 0.25) is 0 Å². The predicted octanol–water partition coefficient (Wildman–Crippen LogP) is 1.15. The minimum atomic E-state index is -4.72. The van der Waals surface area contributed by atoms with Crippen LogP contribution in [0.25, 0.3) is 0 Å². The van der Waals surface area contributed by atoms with E-state index in [0.717, 1.165) is 6.07 Å². The summed E-state index contributed by atoms with van der Waals surface area (Å²) in [5.74, 6) is -1.52. The van der Waals surface area contributed by atoms with Crippen LogP contribution in [0.5, 0.6) is 0 Å². The molecule has 0 aliphatic heterocycles. The molecule has 0 saturated carbocycles. The number of carbonyl (C=O) groups excluding carboxylic acids is 2. The van der Waals surface area contributed by atoms with E-state index in [2.05, 4.69) is 4.74 Å². The van der Waals surface area contributed by atoms with E-state index in [1.807, 2.05) is 0 Å². The quantitative estimate of drug-likeness (QED) is 0.395. The zero-order valence-electron chi connectivity index (χ0n) is 15.7. The number of benzene rings is 2. The van der Waals surface area contributed by atoms with Gasteiger partial charge in [-0.25, -0.2) is 0 Å². The molecular formula is C18H18Co2O9S. The van der Waals surface area contributed by atoms with Crippen LogP contribution in [0.1, 0.15) is 27.6 Å². The molecule has 0 bridgehead atoms. The van der Waals surface area contributed by atoms with E-state index in [0.29, 0.717) is 4.50 Å². The first-order valence-electron chi connectivity index (χ1n) is 8.08. The zero-order valence-corrected chi connectivity index (χ0v) is 18.6. The third-order valence-electron chi connectivity index (χ3n) is 3.57. The summed E-state index contributed by atoms with van der Waals surface area (Å²) in [5, 5.41) is 0.147. The molecule has 2 aromatic carbocycles. The van der Waals surface area contributed by atoms with Crippen LogP contribution in [0.3, 0.4) is 0 Å². The maximum absolute atomic E-state index is 12.3. The van der Waals surface area contributed by atoms with Crippen LogP contribution in [0.2, 0.25) is 5.36 Å². The Balaban J connectivity index is 2.15. The molecule has 0 fully saturated rings. The Morgan fingerprint density at radius 1 is 0.967 bits per heavy atom. The summed E-state index contributed by atoms with van der Waals surface area (Å²) in [6, 6.07) is 8.96. The van der Waals surface area contributed by atoms with E-state index < -0.39 is 59.7 Å². The van der Waals surface area contributed by atoms with Gasteiger partial charge < -0.3 is 0 Å². The van der Waals surface area contributed by atoms with Crippen LogP contribution < -0.4 is 9.00 Å². The van der Waals surface area contributed by atoms with E-state index in [-0.39, 0.29) is 21.0 Å². The van der Waals surface area contributed by atoms with Crippen molar-refractivity contribution in [1.82, 2.24) is 0 Å². The average Bonchev–Trinajstić information content (AvgIpc) is 2.75. The first-order valence-corrected chi connectivity index (χ1v) is 12.9. The molecule has 0 atom stereocenters. The molecule has 168 valence electrons. The Labute approximate surface area is 181 Å². The van der Waals surface area contributed by atoms with Crippen LogP contribution in [0.15, 0.2) is 47.4 Å². The number of rotatable bonds is 8. The normalized spacial score (nSPS) is 12.1. The Hall–Kier alpha value is -2.10. The number of carbonyl (C=O) groups is 2. The second-order valence-corrected chi connectivity index (χ2v) is 10.7. The van der Waals surface area contributed by atoms with E-state index in [1.54, 1.807) is 6.92 Å². The zero-order chi connectivity index (χ0) is 22.5. The van der Waals surface area contributed by atoms with Crippen LogP contribution in [-0.4, -0.2) is 37.6 Å². The molecule has 1 N–H and O–H groups in total. The van der Waals surface area contributed by atoms with Gasteiger partial charge in [-0.15, -0.1) is 0 Å². The number of hydrogen-bond donors (Lipinski definition) is 1. The molecule has 30 heavy (non-hydrogen) atoms. The van der Waals surface area contributed by atoms with Gasteiger partial charge in [-0.05, 0) is 0 Å². The van der Waals surface area contributed by atoms with E-state index in [1.165, 1.54) is 43.5 Å². The van der Waals surface area contributed by atoms with Crippen LogP contribution in [-0.2, 0) is 54.5 Å². The van der Waals surface area contributed by atoms with Gasteiger partial charge in [0.1, 0.15) is 0 Å². The van der Waals surface area contributed by atoms with Crippen LogP contribution in [0.4, 0.5) is 0 Å². The molecule has 0 aliphatic rings. The van der Waals surface area contributed by atoms with Gasteiger partial charge in [-0.2, -0.15) is 0 Å². The van der Waals surface area contributed by atoms with Crippen molar-refractivity contribution in [1.29, 1.82) is 0 Å². The van der Waals surface area contributed by atoms with Crippen molar-refractivity contribution in [2.24, 2.45) is 0 Å². The molecular weight excluding hydrogens is 510 g/mol. The second-order valence-electron chi connectivity index (χ2n) is 5.40. The van der Waals surface area contributed by atoms with Gasteiger partial charge >= 0.3 is 181 Å². The average molecular weight is 528 g/mol. The predicted molar refractivity (Wildman–Crippen MR) is 95.4 cm³/mol. The fourth-order valence-corrected chi connectivity index (χ4v) is 5.48. The Kier molecular flexibility index (Phi) is 8.28. The molecule has 0 aromatic heterocycles. The molecule has 0 unspecified atom stereocenters. The molecule has 0 aliphatic carbocycles. The van der Waals surface area contributed by atoms with Crippen molar-refractivity contribution in [2.75, 3.05) is 12.7 Å². The SMILES string of the molecule is C[CH2][Co](=[O])[c]1ccc(C(=O)O[CH2][Co](=[O])[c]2ccc(C(=O)OC)cc2)cc1S(=O)(=O)O. The molecule has 2 rings (SSSR count). The van der Waals surface area contributed by atoms with Gasteiger partial charge in [-0.1, -0.05) is 0 Å². The van der Waals surface area contributed by atoms with Crippen molar-refractivity contribution in [3.05, 3.63) is 53.6 Å². The number of methoxy groups -OCH3 is 1. The first-order chi connectivity index (χ1) is 14.1. The summed E-state index contributed by atoms with van der Waals surface area (Å²) < 4.78 is 66.7. The molecule has 2 aromatic rings. The summed E-state index contributed by atoms with van der Waals surface area (Å²) in [6.45, 7) is 1.59. The fourth-order valence-electron chi connectivity index (χ4n) is 2.14. The molecule has 9 nitrogen and oxygen atoms in total. The molecule has 12 heteroatoms. The number of esters is 2. The van der Waals surface area contributed by atoms with Crippen molar-refractivity contribution < 1.29 is 66.9 Å². The van der Waals surface area contributed by atoms with Crippen LogP contribution in [0, 0.1) is 0 Å². The second kappa shape index (κ2) is 10.3. The van der Waals surface area contributed by atoms with Crippen molar-refractivity contribution >= 4 is 31.1 Å². The number of hydrogen-bond acceptors (Lipinski definition) is 8. The summed E-state index contributed by atoms with van der Waals surface area (Å²) in [4.78, 5) is 23.0. The summed E-state index contributed by atoms with van der Waals surface area (Å²) in [5.41, 5.74) is -0.436. The van der Waals surface area contributed by atoms with Gasteiger partial charge in [0, 0.05) is 0 Å². The van der Waals surface area contributed by atoms with Gasteiger partial charge in [0.25, 0.3) is 0 Å². The van der Waals surface area contributed by atoms with Gasteiger partial charge in [0.05, 0.1) is 0 Å². The summed E-state index contributed by atoms with van der Waals surface area (Å²) in [7, 11) is -3.49.